The van der Waals surface area contributed by atoms with Crippen LogP contribution < -0.4 is 0 Å². The minimum atomic E-state index is 0.928. The number of pyridine rings is 1. The van der Waals surface area contributed by atoms with Crippen LogP contribution in [0.15, 0.2) is 79.3 Å². The Hall–Kier alpha value is -3.07. The molecule has 0 unspecified atom stereocenters. The minimum absolute atomic E-state index is 0.928. The van der Waals surface area contributed by atoms with Crippen molar-refractivity contribution in [3.63, 3.8) is 0 Å². The summed E-state index contributed by atoms with van der Waals surface area (Å²) in [5.41, 5.74) is 4.99. The summed E-state index contributed by atoms with van der Waals surface area (Å²) < 4.78 is 0. The minimum Gasteiger partial charge on any atom is -0.256 e. The van der Waals surface area contributed by atoms with Gasteiger partial charge in [0, 0.05) is 22.7 Å². The topological polar surface area (TPSA) is 38.7 Å². The zero-order chi connectivity index (χ0) is 14.8. The van der Waals surface area contributed by atoms with Gasteiger partial charge < -0.3 is 0 Å². The van der Waals surface area contributed by atoms with Crippen molar-refractivity contribution >= 4 is 10.9 Å². The first kappa shape index (κ1) is 12.7. The van der Waals surface area contributed by atoms with E-state index in [1.807, 2.05) is 36.4 Å². The van der Waals surface area contributed by atoms with E-state index in [9.17, 15) is 0 Å². The molecule has 0 spiro atoms. The summed E-state index contributed by atoms with van der Waals surface area (Å²) in [6.07, 6.45) is 3.42. The summed E-state index contributed by atoms with van der Waals surface area (Å²) in [7, 11) is 0. The lowest BCUT2D eigenvalue weighted by molar-refractivity contribution is 1.22. The van der Waals surface area contributed by atoms with Crippen LogP contribution in [0.3, 0.4) is 0 Å². The molecule has 0 aliphatic rings. The normalized spacial score (nSPS) is 10.7. The molecule has 0 radical (unpaired) electrons. The lowest BCUT2D eigenvalue weighted by Gasteiger charge is -2.07. The molecule has 3 nitrogen and oxygen atoms in total. The summed E-state index contributed by atoms with van der Waals surface area (Å²) >= 11 is 0. The smallest absolute Gasteiger partial charge is 0.116 e. The Labute approximate surface area is 128 Å². The van der Waals surface area contributed by atoms with Crippen LogP contribution in [0.1, 0.15) is 0 Å². The molecule has 0 aliphatic carbocycles. The second-order valence-corrected chi connectivity index (χ2v) is 5.04. The van der Waals surface area contributed by atoms with Gasteiger partial charge in [0.1, 0.15) is 6.33 Å². The molecular formula is C19H13N3. The van der Waals surface area contributed by atoms with Crippen molar-refractivity contribution in [2.24, 2.45) is 0 Å². The molecule has 0 amide bonds. The third kappa shape index (κ3) is 2.23. The van der Waals surface area contributed by atoms with Gasteiger partial charge in [0.2, 0.25) is 0 Å². The fourth-order valence-corrected chi connectivity index (χ4v) is 2.58. The third-order valence-corrected chi connectivity index (χ3v) is 3.64. The predicted octanol–water partition coefficient (Wildman–Crippen LogP) is 4.36. The van der Waals surface area contributed by atoms with Crippen molar-refractivity contribution in [3.8, 4) is 22.5 Å². The molecule has 0 aliphatic heterocycles. The van der Waals surface area contributed by atoms with E-state index in [4.69, 9.17) is 0 Å². The van der Waals surface area contributed by atoms with Gasteiger partial charge in [-0.25, -0.2) is 9.97 Å². The Morgan fingerprint density at radius 2 is 1.50 bits per heavy atom. The lowest BCUT2D eigenvalue weighted by Crippen LogP contribution is -1.90. The van der Waals surface area contributed by atoms with Crippen molar-refractivity contribution in [2.75, 3.05) is 0 Å². The highest BCUT2D eigenvalue weighted by molar-refractivity contribution is 5.94. The number of benzene rings is 2. The Balaban J connectivity index is 1.90. The summed E-state index contributed by atoms with van der Waals surface area (Å²) in [5.74, 6) is 0. The molecule has 2 aromatic carbocycles. The predicted molar refractivity (Wildman–Crippen MR) is 88.2 cm³/mol. The zero-order valence-electron chi connectivity index (χ0n) is 11.8. The molecule has 22 heavy (non-hydrogen) atoms. The van der Waals surface area contributed by atoms with E-state index in [2.05, 4.69) is 45.3 Å². The molecule has 0 fully saturated rings. The van der Waals surface area contributed by atoms with Gasteiger partial charge in [-0.15, -0.1) is 0 Å². The molecule has 0 saturated heterocycles. The van der Waals surface area contributed by atoms with E-state index in [0.717, 1.165) is 33.4 Å². The number of aromatic nitrogens is 3. The van der Waals surface area contributed by atoms with Crippen LogP contribution >= 0.6 is 0 Å². The van der Waals surface area contributed by atoms with E-state index < -0.39 is 0 Å². The summed E-state index contributed by atoms with van der Waals surface area (Å²) in [6, 6.07) is 22.3. The Kier molecular flexibility index (Phi) is 3.09. The number of hydrogen-bond donors (Lipinski definition) is 0. The molecule has 0 N–H and O–H groups in total. The third-order valence-electron chi connectivity index (χ3n) is 3.64. The number of nitrogens with zero attached hydrogens (tertiary/aromatic N) is 3. The van der Waals surface area contributed by atoms with Gasteiger partial charge in [-0.1, -0.05) is 42.5 Å². The highest BCUT2D eigenvalue weighted by Gasteiger charge is 2.07. The molecule has 2 aromatic heterocycles. The maximum atomic E-state index is 4.45. The van der Waals surface area contributed by atoms with Crippen molar-refractivity contribution in [1.29, 1.82) is 0 Å². The lowest BCUT2D eigenvalue weighted by atomic mass is 10.0. The maximum absolute atomic E-state index is 4.45. The van der Waals surface area contributed by atoms with E-state index in [0.29, 0.717) is 0 Å². The molecule has 4 aromatic rings. The standard InChI is InChI=1S/C19H13N3/c1-2-6-14(7-3-1)19-16-10-9-15(12-18(16)21-13-22-19)17-8-4-5-11-20-17/h1-13H. The van der Waals surface area contributed by atoms with Crippen LogP contribution in [0.25, 0.3) is 33.4 Å². The monoisotopic (exact) mass is 283 g/mol. The Morgan fingerprint density at radius 3 is 2.32 bits per heavy atom. The molecule has 0 saturated carbocycles. The molecule has 4 rings (SSSR count). The second-order valence-electron chi connectivity index (χ2n) is 5.04. The molecule has 0 bridgehead atoms. The largest absolute Gasteiger partial charge is 0.256 e. The molecule has 3 heteroatoms. The van der Waals surface area contributed by atoms with Gasteiger partial charge in [0.15, 0.2) is 0 Å². The van der Waals surface area contributed by atoms with Crippen molar-refractivity contribution < 1.29 is 0 Å². The van der Waals surface area contributed by atoms with Gasteiger partial charge in [-0.2, -0.15) is 0 Å². The molecule has 2 heterocycles. The summed E-state index contributed by atoms with van der Waals surface area (Å²) in [4.78, 5) is 13.3. The van der Waals surface area contributed by atoms with Gasteiger partial charge in [0.25, 0.3) is 0 Å². The quantitative estimate of drug-likeness (QED) is 0.548. The summed E-state index contributed by atoms with van der Waals surface area (Å²) in [6.45, 7) is 0. The average molecular weight is 283 g/mol. The van der Waals surface area contributed by atoms with Gasteiger partial charge in [0.05, 0.1) is 16.9 Å². The van der Waals surface area contributed by atoms with Crippen molar-refractivity contribution in [2.45, 2.75) is 0 Å². The molecule has 0 atom stereocenters. The van der Waals surface area contributed by atoms with Crippen LogP contribution in [0.4, 0.5) is 0 Å². The van der Waals surface area contributed by atoms with E-state index in [1.54, 1.807) is 12.5 Å². The van der Waals surface area contributed by atoms with E-state index in [1.165, 1.54) is 0 Å². The fourth-order valence-electron chi connectivity index (χ4n) is 2.58. The Morgan fingerprint density at radius 1 is 0.636 bits per heavy atom. The van der Waals surface area contributed by atoms with Crippen molar-refractivity contribution in [3.05, 3.63) is 79.3 Å². The van der Waals surface area contributed by atoms with E-state index >= 15 is 0 Å². The van der Waals surface area contributed by atoms with Gasteiger partial charge in [-0.05, 0) is 24.3 Å². The van der Waals surface area contributed by atoms with Crippen molar-refractivity contribution in [1.82, 2.24) is 15.0 Å². The van der Waals surface area contributed by atoms with Crippen LogP contribution in [0, 0.1) is 0 Å². The van der Waals surface area contributed by atoms with E-state index in [-0.39, 0.29) is 0 Å². The highest BCUT2D eigenvalue weighted by atomic mass is 14.8. The van der Waals surface area contributed by atoms with Crippen LogP contribution in [0.2, 0.25) is 0 Å². The van der Waals surface area contributed by atoms with Crippen LogP contribution in [-0.4, -0.2) is 15.0 Å². The highest BCUT2D eigenvalue weighted by Crippen LogP contribution is 2.28. The zero-order valence-corrected chi connectivity index (χ0v) is 11.8. The Bertz CT molecular complexity index is 919. The van der Waals surface area contributed by atoms with Crippen LogP contribution in [-0.2, 0) is 0 Å². The number of rotatable bonds is 2. The number of fused-ring (bicyclic) bond motifs is 1. The first-order chi connectivity index (χ1) is 10.9. The van der Waals surface area contributed by atoms with Gasteiger partial charge in [-0.3, -0.25) is 4.98 Å². The SMILES string of the molecule is c1ccc(-c2ncnc3cc(-c4ccccn4)ccc23)cc1. The average Bonchev–Trinajstić information content (AvgIpc) is 2.62. The summed E-state index contributed by atoms with van der Waals surface area (Å²) in [5, 5.41) is 1.05. The first-order valence-electron chi connectivity index (χ1n) is 7.13. The molecule has 104 valence electrons. The fraction of sp³-hybridized carbons (Fsp3) is 0. The molecular weight excluding hydrogens is 270 g/mol. The number of hydrogen-bond acceptors (Lipinski definition) is 3. The first-order valence-corrected chi connectivity index (χ1v) is 7.13. The van der Waals surface area contributed by atoms with Gasteiger partial charge >= 0.3 is 0 Å². The second kappa shape index (κ2) is 5.37. The van der Waals surface area contributed by atoms with Crippen LogP contribution in [0.5, 0.6) is 0 Å². The maximum Gasteiger partial charge on any atom is 0.116 e.